The maximum Gasteiger partial charge on any atom is 0.221 e. The first kappa shape index (κ1) is 14.4. The predicted octanol–water partition coefficient (Wildman–Crippen LogP) is 0.442. The highest BCUT2D eigenvalue weighted by Gasteiger charge is 2.06. The molecule has 4 heteroatoms. The maximum absolute atomic E-state index is 11.4. The normalized spacial score (nSPS) is 12.9. The molecule has 0 aromatic rings. The molecule has 1 unspecified atom stereocenters. The highest BCUT2D eigenvalue weighted by atomic mass is 16.1. The third-order valence-electron chi connectivity index (χ3n) is 2.40. The van der Waals surface area contributed by atoms with Crippen molar-refractivity contribution in [2.45, 2.75) is 33.2 Å². The van der Waals surface area contributed by atoms with Crippen molar-refractivity contribution in [1.82, 2.24) is 15.5 Å². The third-order valence-corrected chi connectivity index (χ3v) is 2.40. The number of amides is 1. The molecule has 0 saturated carbocycles. The maximum atomic E-state index is 11.4. The molecule has 0 saturated heterocycles. The van der Waals surface area contributed by atoms with Crippen molar-refractivity contribution in [3.63, 3.8) is 0 Å². The molecule has 2 N–H and O–H groups in total. The summed E-state index contributed by atoms with van der Waals surface area (Å²) in [6.45, 7) is 9.76. The summed E-state index contributed by atoms with van der Waals surface area (Å²) in [6, 6.07) is 0.263. The van der Waals surface area contributed by atoms with Gasteiger partial charge in [0, 0.05) is 25.6 Å². The van der Waals surface area contributed by atoms with E-state index in [0.29, 0.717) is 6.42 Å². The first-order valence-corrected chi connectivity index (χ1v) is 5.78. The lowest BCUT2D eigenvalue weighted by atomic mass is 10.2. The van der Waals surface area contributed by atoms with Gasteiger partial charge < -0.3 is 15.5 Å². The van der Waals surface area contributed by atoms with Gasteiger partial charge in [-0.15, -0.1) is 0 Å². The highest BCUT2D eigenvalue weighted by molar-refractivity contribution is 5.76. The summed E-state index contributed by atoms with van der Waals surface area (Å²) in [7, 11) is 2.05. The monoisotopic (exact) mass is 215 g/mol. The van der Waals surface area contributed by atoms with Gasteiger partial charge in [0.05, 0.1) is 0 Å². The first-order chi connectivity index (χ1) is 7.10. The average molecular weight is 215 g/mol. The van der Waals surface area contributed by atoms with Crippen LogP contribution in [0, 0.1) is 0 Å². The minimum atomic E-state index is 0.132. The van der Waals surface area contributed by atoms with Gasteiger partial charge in [-0.2, -0.15) is 0 Å². The Labute approximate surface area is 93.4 Å². The van der Waals surface area contributed by atoms with E-state index in [-0.39, 0.29) is 11.9 Å². The van der Waals surface area contributed by atoms with Crippen molar-refractivity contribution in [1.29, 1.82) is 0 Å². The van der Waals surface area contributed by atoms with Gasteiger partial charge in [-0.1, -0.05) is 13.8 Å². The van der Waals surface area contributed by atoms with Crippen molar-refractivity contribution in [2.24, 2.45) is 0 Å². The Kier molecular flexibility index (Phi) is 8.33. The zero-order valence-corrected chi connectivity index (χ0v) is 10.5. The van der Waals surface area contributed by atoms with E-state index in [1.165, 1.54) is 0 Å². The molecule has 0 aromatic carbocycles. The molecule has 4 nitrogen and oxygen atoms in total. The summed E-state index contributed by atoms with van der Waals surface area (Å²) >= 11 is 0. The Hall–Kier alpha value is -0.610. The Morgan fingerprint density at radius 1 is 1.40 bits per heavy atom. The summed E-state index contributed by atoms with van der Waals surface area (Å²) in [5, 5.41) is 6.13. The van der Waals surface area contributed by atoms with Crippen molar-refractivity contribution >= 4 is 5.91 Å². The Morgan fingerprint density at radius 2 is 2.07 bits per heavy atom. The topological polar surface area (TPSA) is 44.4 Å². The number of carbonyl (C=O) groups is 1. The minimum Gasteiger partial charge on any atom is -0.355 e. The second-order valence-corrected chi connectivity index (χ2v) is 3.91. The molecule has 0 rings (SSSR count). The number of rotatable bonds is 8. The van der Waals surface area contributed by atoms with E-state index in [1.54, 1.807) is 0 Å². The van der Waals surface area contributed by atoms with Crippen LogP contribution in [0.2, 0.25) is 0 Å². The molecule has 0 aliphatic heterocycles. The Bertz CT molecular complexity index is 173. The molecule has 1 atom stereocenters. The van der Waals surface area contributed by atoms with Crippen molar-refractivity contribution in [3.8, 4) is 0 Å². The Balaban J connectivity index is 3.48. The van der Waals surface area contributed by atoms with Crippen LogP contribution in [0.3, 0.4) is 0 Å². The molecule has 1 amide bonds. The number of hydrogen-bond donors (Lipinski definition) is 2. The first-order valence-electron chi connectivity index (χ1n) is 5.78. The Morgan fingerprint density at radius 3 is 2.60 bits per heavy atom. The zero-order valence-electron chi connectivity index (χ0n) is 10.5. The predicted molar refractivity (Wildman–Crippen MR) is 63.9 cm³/mol. The average Bonchev–Trinajstić information content (AvgIpc) is 2.17. The van der Waals surface area contributed by atoms with E-state index in [9.17, 15) is 4.79 Å². The lowest BCUT2D eigenvalue weighted by molar-refractivity contribution is -0.121. The van der Waals surface area contributed by atoms with Gasteiger partial charge >= 0.3 is 0 Å². The van der Waals surface area contributed by atoms with E-state index in [1.807, 2.05) is 20.9 Å². The van der Waals surface area contributed by atoms with Gasteiger partial charge in [0.1, 0.15) is 0 Å². The summed E-state index contributed by atoms with van der Waals surface area (Å²) in [4.78, 5) is 13.6. The molecule has 0 aliphatic carbocycles. The van der Waals surface area contributed by atoms with Crippen LogP contribution in [0.5, 0.6) is 0 Å². The lowest BCUT2D eigenvalue weighted by Crippen LogP contribution is -2.37. The number of nitrogens with zero attached hydrogens (tertiary/aromatic N) is 1. The van der Waals surface area contributed by atoms with Gasteiger partial charge in [0.25, 0.3) is 0 Å². The summed E-state index contributed by atoms with van der Waals surface area (Å²) < 4.78 is 0. The number of nitrogens with one attached hydrogen (secondary N) is 2. The number of likely N-dealkylation sites (N-methyl/N-ethyl adjacent to an activating group) is 1. The van der Waals surface area contributed by atoms with Crippen molar-refractivity contribution in [2.75, 3.05) is 33.2 Å². The van der Waals surface area contributed by atoms with Crippen LogP contribution in [0.25, 0.3) is 0 Å². The molecular formula is C11H25N3O. The second-order valence-electron chi connectivity index (χ2n) is 3.91. The van der Waals surface area contributed by atoms with Crippen LogP contribution in [-0.4, -0.2) is 50.1 Å². The molecular weight excluding hydrogens is 190 g/mol. The van der Waals surface area contributed by atoms with Gasteiger partial charge in [0.2, 0.25) is 5.91 Å². The summed E-state index contributed by atoms with van der Waals surface area (Å²) in [6.07, 6.45) is 0.559. The summed E-state index contributed by atoms with van der Waals surface area (Å²) in [5.74, 6) is 0.132. The fraction of sp³-hybridized carbons (Fsp3) is 0.909. The molecule has 0 heterocycles. The number of carbonyl (C=O) groups excluding carboxylic acids is 1. The molecule has 15 heavy (non-hydrogen) atoms. The third kappa shape index (κ3) is 8.39. The molecule has 0 aromatic heterocycles. The quantitative estimate of drug-likeness (QED) is 0.617. The lowest BCUT2D eigenvalue weighted by Gasteiger charge is -2.15. The zero-order chi connectivity index (χ0) is 11.7. The molecule has 0 bridgehead atoms. The van der Waals surface area contributed by atoms with E-state index < -0.39 is 0 Å². The molecule has 90 valence electrons. The number of hydrogen-bond acceptors (Lipinski definition) is 3. The standard InChI is InChI=1S/C11H25N3O/c1-5-12-10(3)9-11(15)13-7-8-14(4)6-2/h10,12H,5-9H2,1-4H3,(H,13,15). The van der Waals surface area contributed by atoms with Crippen molar-refractivity contribution < 1.29 is 4.79 Å². The fourth-order valence-electron chi connectivity index (χ4n) is 1.32. The minimum absolute atomic E-state index is 0.132. The molecule has 0 radical (unpaired) electrons. The van der Waals surface area contributed by atoms with E-state index in [0.717, 1.165) is 26.2 Å². The van der Waals surface area contributed by atoms with Gasteiger partial charge in [-0.25, -0.2) is 0 Å². The van der Waals surface area contributed by atoms with Crippen LogP contribution in [0.4, 0.5) is 0 Å². The van der Waals surface area contributed by atoms with Gasteiger partial charge in [-0.3, -0.25) is 4.79 Å². The fourth-order valence-corrected chi connectivity index (χ4v) is 1.32. The SMILES string of the molecule is CCNC(C)CC(=O)NCCN(C)CC. The van der Waals surface area contributed by atoms with E-state index >= 15 is 0 Å². The van der Waals surface area contributed by atoms with E-state index in [2.05, 4.69) is 22.5 Å². The molecule has 0 spiro atoms. The van der Waals surface area contributed by atoms with Crippen LogP contribution < -0.4 is 10.6 Å². The van der Waals surface area contributed by atoms with Gasteiger partial charge in [0.15, 0.2) is 0 Å². The largest absolute Gasteiger partial charge is 0.355 e. The molecule has 0 aliphatic rings. The smallest absolute Gasteiger partial charge is 0.221 e. The van der Waals surface area contributed by atoms with Crippen LogP contribution in [0.15, 0.2) is 0 Å². The van der Waals surface area contributed by atoms with E-state index in [4.69, 9.17) is 0 Å². The van der Waals surface area contributed by atoms with Gasteiger partial charge in [-0.05, 0) is 27.1 Å². The second kappa shape index (κ2) is 8.68. The van der Waals surface area contributed by atoms with Crippen LogP contribution >= 0.6 is 0 Å². The molecule has 0 fully saturated rings. The van der Waals surface area contributed by atoms with Crippen LogP contribution in [-0.2, 0) is 4.79 Å². The van der Waals surface area contributed by atoms with Crippen LogP contribution in [0.1, 0.15) is 27.2 Å². The summed E-state index contributed by atoms with van der Waals surface area (Å²) in [5.41, 5.74) is 0. The van der Waals surface area contributed by atoms with Crippen molar-refractivity contribution in [3.05, 3.63) is 0 Å². The highest BCUT2D eigenvalue weighted by Crippen LogP contribution is 1.89.